The van der Waals surface area contributed by atoms with Gasteiger partial charge in [-0.25, -0.2) is 9.38 Å². The van der Waals surface area contributed by atoms with E-state index in [0.29, 0.717) is 10.9 Å². The van der Waals surface area contributed by atoms with E-state index in [2.05, 4.69) is 10.1 Å². The van der Waals surface area contributed by atoms with Gasteiger partial charge in [0.05, 0.1) is 16.5 Å². The number of aromatic nitrogens is 1. The normalized spacial score (nSPS) is 13.6. The first-order chi connectivity index (χ1) is 10.2. The number of rotatable bonds is 1. The summed E-state index contributed by atoms with van der Waals surface area (Å²) in [6, 6.07) is 7.14. The van der Waals surface area contributed by atoms with Crippen molar-refractivity contribution in [3.05, 3.63) is 53.5 Å². The van der Waals surface area contributed by atoms with Crippen molar-refractivity contribution in [1.82, 2.24) is 5.16 Å². The molecule has 1 aliphatic heterocycles. The molecule has 5 nitrogen and oxygen atoms in total. The van der Waals surface area contributed by atoms with Crippen LogP contribution in [0.1, 0.15) is 15.9 Å². The molecule has 1 N–H and O–H groups in total. The summed E-state index contributed by atoms with van der Waals surface area (Å²) in [5, 5.41) is 14.3. The van der Waals surface area contributed by atoms with E-state index in [-0.39, 0.29) is 28.3 Å². The van der Waals surface area contributed by atoms with Gasteiger partial charge in [0.25, 0.3) is 0 Å². The highest BCUT2D eigenvalue weighted by Gasteiger charge is 2.31. The molecule has 0 amide bonds. The highest BCUT2D eigenvalue weighted by Crippen LogP contribution is 2.36. The van der Waals surface area contributed by atoms with Gasteiger partial charge in [0.2, 0.25) is 5.78 Å². The molecular formula is C15H7FN2O3. The molecule has 0 fully saturated rings. The number of halogens is 1. The number of aliphatic imine (C=N–C) groups is 1. The number of carbonyl (C=O) groups excluding carboxylic acids is 1. The number of carbonyl (C=O) groups is 1. The van der Waals surface area contributed by atoms with Gasteiger partial charge in [-0.15, -0.1) is 0 Å². The van der Waals surface area contributed by atoms with Gasteiger partial charge in [-0.05, 0) is 24.3 Å². The Bertz CT molecular complexity index is 943. The van der Waals surface area contributed by atoms with E-state index < -0.39 is 11.6 Å². The lowest BCUT2D eigenvalue weighted by molar-refractivity contribution is 0.107. The quantitative estimate of drug-likeness (QED) is 0.744. The molecule has 1 aliphatic rings. The molecule has 0 spiro atoms. The zero-order valence-corrected chi connectivity index (χ0v) is 10.5. The number of nitrogens with zero attached hydrogens (tertiary/aromatic N) is 2. The molecule has 4 rings (SSSR count). The molecule has 0 saturated carbocycles. The third-order valence-electron chi connectivity index (χ3n) is 3.43. The SMILES string of the molecule is O=C1C(c2c(O)ccc3nocc23)=Nc2c(F)cccc21. The van der Waals surface area contributed by atoms with Gasteiger partial charge in [0, 0.05) is 0 Å². The van der Waals surface area contributed by atoms with Crippen molar-refractivity contribution in [3.8, 4) is 5.75 Å². The number of phenols is 1. The van der Waals surface area contributed by atoms with E-state index in [9.17, 15) is 14.3 Å². The lowest BCUT2D eigenvalue weighted by atomic mass is 9.99. The first-order valence-corrected chi connectivity index (χ1v) is 6.15. The molecule has 0 atom stereocenters. The van der Waals surface area contributed by atoms with E-state index in [1.807, 2.05) is 0 Å². The molecule has 2 heterocycles. The number of hydrogen-bond acceptors (Lipinski definition) is 5. The number of ketones is 1. The number of para-hydroxylation sites is 1. The second kappa shape index (κ2) is 3.99. The summed E-state index contributed by atoms with van der Waals surface area (Å²) >= 11 is 0. The number of fused-ring (bicyclic) bond motifs is 2. The summed E-state index contributed by atoms with van der Waals surface area (Å²) < 4.78 is 18.6. The first kappa shape index (κ1) is 11.8. The minimum absolute atomic E-state index is 0.00893. The van der Waals surface area contributed by atoms with Crippen LogP contribution in [-0.2, 0) is 0 Å². The summed E-state index contributed by atoms with van der Waals surface area (Å²) in [6.45, 7) is 0. The Kier molecular flexibility index (Phi) is 2.24. The van der Waals surface area contributed by atoms with Crippen molar-refractivity contribution in [2.24, 2.45) is 4.99 Å². The Hall–Kier alpha value is -3.02. The monoisotopic (exact) mass is 282 g/mol. The van der Waals surface area contributed by atoms with Crippen LogP contribution in [0.4, 0.5) is 10.1 Å². The Morgan fingerprint density at radius 2 is 2.05 bits per heavy atom. The number of hydrogen-bond donors (Lipinski definition) is 1. The smallest absolute Gasteiger partial charge is 0.214 e. The number of Topliss-reactive ketones (excluding diaryl/α,β-unsaturated/α-hetero) is 1. The van der Waals surface area contributed by atoms with Gasteiger partial charge in [-0.2, -0.15) is 0 Å². The minimum Gasteiger partial charge on any atom is -0.507 e. The average molecular weight is 282 g/mol. The Morgan fingerprint density at radius 1 is 1.19 bits per heavy atom. The maximum atomic E-state index is 13.8. The van der Waals surface area contributed by atoms with Gasteiger partial charge < -0.3 is 9.63 Å². The van der Waals surface area contributed by atoms with Crippen LogP contribution in [0.3, 0.4) is 0 Å². The highest BCUT2D eigenvalue weighted by atomic mass is 19.1. The fourth-order valence-corrected chi connectivity index (χ4v) is 2.45. The molecule has 0 bridgehead atoms. The van der Waals surface area contributed by atoms with Crippen LogP contribution in [0.25, 0.3) is 10.9 Å². The Balaban J connectivity index is 2.02. The molecule has 0 unspecified atom stereocenters. The fourth-order valence-electron chi connectivity index (χ4n) is 2.45. The average Bonchev–Trinajstić information content (AvgIpc) is 3.06. The molecular weight excluding hydrogens is 275 g/mol. The third-order valence-corrected chi connectivity index (χ3v) is 3.43. The molecule has 0 radical (unpaired) electrons. The van der Waals surface area contributed by atoms with Gasteiger partial charge in [-0.3, -0.25) is 4.79 Å². The van der Waals surface area contributed by atoms with Crippen LogP contribution >= 0.6 is 0 Å². The fraction of sp³-hybridized carbons (Fsp3) is 0. The molecule has 21 heavy (non-hydrogen) atoms. The Labute approximate surface area is 117 Å². The number of phenolic OH excluding ortho intramolecular Hbond substituents is 1. The molecule has 2 aromatic carbocycles. The minimum atomic E-state index is -0.576. The van der Waals surface area contributed by atoms with Gasteiger partial charge >= 0.3 is 0 Å². The molecule has 6 heteroatoms. The molecule has 102 valence electrons. The van der Waals surface area contributed by atoms with E-state index in [1.54, 1.807) is 6.07 Å². The van der Waals surface area contributed by atoms with Gasteiger partial charge in [0.15, 0.2) is 0 Å². The Morgan fingerprint density at radius 3 is 2.86 bits per heavy atom. The third kappa shape index (κ3) is 1.53. The van der Waals surface area contributed by atoms with Crippen molar-refractivity contribution < 1.29 is 18.8 Å². The summed E-state index contributed by atoms with van der Waals surface area (Å²) in [5.74, 6) is -1.15. The molecule has 0 saturated heterocycles. The zero-order valence-electron chi connectivity index (χ0n) is 10.5. The maximum absolute atomic E-state index is 13.8. The first-order valence-electron chi connectivity index (χ1n) is 6.15. The van der Waals surface area contributed by atoms with E-state index >= 15 is 0 Å². The molecule has 3 aromatic rings. The standard InChI is InChI=1S/C15H7FN2O3/c16-9-3-1-2-7-13(9)17-14(15(7)20)12-8-6-21-18-10(8)4-5-11(12)19/h1-6,19H. The maximum Gasteiger partial charge on any atom is 0.214 e. The van der Waals surface area contributed by atoms with E-state index in [4.69, 9.17) is 4.52 Å². The summed E-state index contributed by atoms with van der Waals surface area (Å²) in [6.07, 6.45) is 1.32. The van der Waals surface area contributed by atoms with Crippen LogP contribution in [0, 0.1) is 5.82 Å². The van der Waals surface area contributed by atoms with E-state index in [1.165, 1.54) is 30.5 Å². The molecule has 1 aromatic heterocycles. The van der Waals surface area contributed by atoms with Gasteiger partial charge in [-0.1, -0.05) is 11.2 Å². The second-order valence-electron chi connectivity index (χ2n) is 4.63. The van der Waals surface area contributed by atoms with Crippen LogP contribution in [0.2, 0.25) is 0 Å². The number of aromatic hydroxyl groups is 1. The van der Waals surface area contributed by atoms with Crippen LogP contribution in [-0.4, -0.2) is 21.8 Å². The van der Waals surface area contributed by atoms with E-state index in [0.717, 1.165) is 0 Å². The lowest BCUT2D eigenvalue weighted by Gasteiger charge is -2.03. The van der Waals surface area contributed by atoms with Crippen molar-refractivity contribution in [2.75, 3.05) is 0 Å². The zero-order chi connectivity index (χ0) is 14.6. The van der Waals surface area contributed by atoms with Crippen molar-refractivity contribution in [3.63, 3.8) is 0 Å². The van der Waals surface area contributed by atoms with Crippen LogP contribution in [0.5, 0.6) is 5.75 Å². The predicted molar refractivity (Wildman–Crippen MR) is 72.6 cm³/mol. The van der Waals surface area contributed by atoms with Crippen molar-refractivity contribution in [2.45, 2.75) is 0 Å². The summed E-state index contributed by atoms with van der Waals surface area (Å²) in [4.78, 5) is 16.5. The largest absolute Gasteiger partial charge is 0.507 e. The summed E-state index contributed by atoms with van der Waals surface area (Å²) in [5.41, 5.74) is 0.841. The number of benzene rings is 2. The van der Waals surface area contributed by atoms with Gasteiger partial charge in [0.1, 0.15) is 34.7 Å². The molecule has 0 aliphatic carbocycles. The van der Waals surface area contributed by atoms with Crippen LogP contribution < -0.4 is 0 Å². The van der Waals surface area contributed by atoms with Crippen molar-refractivity contribution >= 4 is 28.1 Å². The lowest BCUT2D eigenvalue weighted by Crippen LogP contribution is -2.11. The second-order valence-corrected chi connectivity index (χ2v) is 4.63. The van der Waals surface area contributed by atoms with Crippen LogP contribution in [0.15, 0.2) is 46.1 Å². The van der Waals surface area contributed by atoms with Crippen molar-refractivity contribution in [1.29, 1.82) is 0 Å². The topological polar surface area (TPSA) is 75.7 Å². The highest BCUT2D eigenvalue weighted by molar-refractivity contribution is 6.56. The predicted octanol–water partition coefficient (Wildman–Crippen LogP) is 2.99. The summed E-state index contributed by atoms with van der Waals surface area (Å²) in [7, 11) is 0.